The lowest BCUT2D eigenvalue weighted by Crippen LogP contribution is -2.41. The molecule has 1 fully saturated rings. The van der Waals surface area contributed by atoms with Gasteiger partial charge in [-0.3, -0.25) is 4.79 Å². The van der Waals surface area contributed by atoms with E-state index in [-0.39, 0.29) is 24.4 Å². The van der Waals surface area contributed by atoms with Crippen LogP contribution in [0.4, 0.5) is 4.79 Å². The highest BCUT2D eigenvalue weighted by Crippen LogP contribution is 2.29. The molecule has 1 heterocycles. The van der Waals surface area contributed by atoms with E-state index in [1.54, 1.807) is 6.07 Å². The number of aromatic nitrogens is 1. The molecule has 1 aliphatic rings. The van der Waals surface area contributed by atoms with Gasteiger partial charge in [0.25, 0.3) is 0 Å². The molecule has 110 valence electrons. The van der Waals surface area contributed by atoms with Gasteiger partial charge in [-0.05, 0) is 18.8 Å². The predicted octanol–water partition coefficient (Wildman–Crippen LogP) is 1.36. The molecule has 0 saturated heterocycles. The molecule has 1 aliphatic carbocycles. The maximum Gasteiger partial charge on any atom is 0.315 e. The second-order valence-electron chi connectivity index (χ2n) is 5.03. The van der Waals surface area contributed by atoms with Crippen LogP contribution in [0.1, 0.15) is 31.4 Å². The Labute approximate surface area is 116 Å². The predicted molar refractivity (Wildman–Crippen MR) is 69.8 cm³/mol. The number of rotatable bonds is 5. The van der Waals surface area contributed by atoms with Crippen molar-refractivity contribution in [1.29, 1.82) is 0 Å². The van der Waals surface area contributed by atoms with Gasteiger partial charge in [0.15, 0.2) is 5.76 Å². The van der Waals surface area contributed by atoms with Crippen molar-refractivity contribution in [2.75, 3.05) is 6.54 Å². The molecule has 0 aliphatic heterocycles. The molecule has 2 unspecified atom stereocenters. The van der Waals surface area contributed by atoms with Gasteiger partial charge in [0.1, 0.15) is 0 Å². The molecule has 2 rings (SSSR count). The number of carbonyl (C=O) groups is 2. The quantitative estimate of drug-likeness (QED) is 0.756. The molecule has 1 aromatic heterocycles. The van der Waals surface area contributed by atoms with Crippen molar-refractivity contribution in [2.24, 2.45) is 11.8 Å². The lowest BCUT2D eigenvalue weighted by molar-refractivity contribution is -0.144. The number of hydrogen-bond donors (Lipinski definition) is 3. The maximum atomic E-state index is 11.6. The van der Waals surface area contributed by atoms with Gasteiger partial charge >= 0.3 is 12.0 Å². The van der Waals surface area contributed by atoms with Gasteiger partial charge in [-0.2, -0.15) is 0 Å². The average molecular weight is 281 g/mol. The number of carbonyl (C=O) groups excluding carboxylic acids is 1. The van der Waals surface area contributed by atoms with Crippen molar-refractivity contribution in [3.63, 3.8) is 0 Å². The molecule has 0 radical (unpaired) electrons. The first-order chi connectivity index (χ1) is 9.66. The lowest BCUT2D eigenvalue weighted by Gasteiger charge is -2.28. The zero-order valence-corrected chi connectivity index (χ0v) is 11.2. The normalized spacial score (nSPS) is 22.2. The standard InChI is InChI=1S/C13H19N3O4/c17-12(18)11-4-2-1-3-9(11)7-14-13(19)15-8-10-5-6-16-20-10/h5-6,9,11H,1-4,7-8H2,(H,17,18)(H2,14,15,19). The van der Waals surface area contributed by atoms with Crippen molar-refractivity contribution in [3.8, 4) is 0 Å². The van der Waals surface area contributed by atoms with Gasteiger partial charge in [-0.25, -0.2) is 4.79 Å². The van der Waals surface area contributed by atoms with Crippen LogP contribution in [0.3, 0.4) is 0 Å². The summed E-state index contributed by atoms with van der Waals surface area (Å²) in [6.45, 7) is 0.651. The Morgan fingerprint density at radius 3 is 2.85 bits per heavy atom. The number of amides is 2. The van der Waals surface area contributed by atoms with Crippen LogP contribution in [0, 0.1) is 11.8 Å². The van der Waals surface area contributed by atoms with Crippen LogP contribution in [0.25, 0.3) is 0 Å². The van der Waals surface area contributed by atoms with Crippen molar-refractivity contribution < 1.29 is 19.2 Å². The molecular weight excluding hydrogens is 262 g/mol. The summed E-state index contributed by atoms with van der Waals surface area (Å²) in [6, 6.07) is 1.35. The van der Waals surface area contributed by atoms with E-state index < -0.39 is 5.97 Å². The molecule has 3 N–H and O–H groups in total. The third-order valence-corrected chi connectivity index (χ3v) is 3.67. The van der Waals surface area contributed by atoms with E-state index in [9.17, 15) is 9.59 Å². The van der Waals surface area contributed by atoms with Gasteiger partial charge < -0.3 is 20.3 Å². The van der Waals surface area contributed by atoms with Crippen LogP contribution in [0.5, 0.6) is 0 Å². The number of hydrogen-bond acceptors (Lipinski definition) is 4. The van der Waals surface area contributed by atoms with Crippen LogP contribution in [0.2, 0.25) is 0 Å². The number of carboxylic acid groups (broad SMARTS) is 1. The molecule has 20 heavy (non-hydrogen) atoms. The highest BCUT2D eigenvalue weighted by molar-refractivity contribution is 5.74. The highest BCUT2D eigenvalue weighted by Gasteiger charge is 2.30. The summed E-state index contributed by atoms with van der Waals surface area (Å²) in [5, 5.41) is 18.1. The van der Waals surface area contributed by atoms with Gasteiger partial charge in [-0.15, -0.1) is 0 Å². The SMILES string of the molecule is O=C(NCc1ccno1)NCC1CCCCC1C(=O)O. The van der Waals surface area contributed by atoms with E-state index in [0.717, 1.165) is 19.3 Å². The van der Waals surface area contributed by atoms with Crippen molar-refractivity contribution >= 4 is 12.0 Å². The number of aliphatic carboxylic acids is 1. The third-order valence-electron chi connectivity index (χ3n) is 3.67. The minimum absolute atomic E-state index is 0.0114. The topological polar surface area (TPSA) is 104 Å². The van der Waals surface area contributed by atoms with Crippen LogP contribution >= 0.6 is 0 Å². The Hall–Kier alpha value is -2.05. The molecule has 2 amide bonds. The largest absolute Gasteiger partial charge is 0.481 e. The van der Waals surface area contributed by atoms with Crippen LogP contribution in [-0.4, -0.2) is 28.8 Å². The Balaban J connectivity index is 1.72. The second kappa shape index (κ2) is 6.93. The zero-order valence-electron chi connectivity index (χ0n) is 11.2. The summed E-state index contributed by atoms with van der Waals surface area (Å²) in [5.41, 5.74) is 0. The fourth-order valence-corrected chi connectivity index (χ4v) is 2.56. The fourth-order valence-electron chi connectivity index (χ4n) is 2.56. The molecular formula is C13H19N3O4. The van der Waals surface area contributed by atoms with Crippen LogP contribution < -0.4 is 10.6 Å². The van der Waals surface area contributed by atoms with Crippen molar-refractivity contribution in [1.82, 2.24) is 15.8 Å². The monoisotopic (exact) mass is 281 g/mol. The summed E-state index contributed by atoms with van der Waals surface area (Å²) >= 11 is 0. The minimum Gasteiger partial charge on any atom is -0.481 e. The number of carboxylic acids is 1. The lowest BCUT2D eigenvalue weighted by atomic mass is 9.79. The van der Waals surface area contributed by atoms with Gasteiger partial charge in [0.05, 0.1) is 18.7 Å². The fraction of sp³-hybridized carbons (Fsp3) is 0.615. The van der Waals surface area contributed by atoms with E-state index in [0.29, 0.717) is 18.7 Å². The third kappa shape index (κ3) is 3.97. The summed E-state index contributed by atoms with van der Waals surface area (Å²) < 4.78 is 4.86. The molecule has 2 atom stereocenters. The van der Waals surface area contributed by atoms with E-state index in [4.69, 9.17) is 9.63 Å². The molecule has 0 aromatic carbocycles. The van der Waals surface area contributed by atoms with E-state index in [1.165, 1.54) is 6.20 Å². The summed E-state index contributed by atoms with van der Waals surface area (Å²) in [4.78, 5) is 22.8. The van der Waals surface area contributed by atoms with Crippen LogP contribution in [-0.2, 0) is 11.3 Å². The van der Waals surface area contributed by atoms with E-state index >= 15 is 0 Å². The van der Waals surface area contributed by atoms with Gasteiger partial charge in [-0.1, -0.05) is 18.0 Å². The average Bonchev–Trinajstić information content (AvgIpc) is 2.96. The second-order valence-corrected chi connectivity index (χ2v) is 5.03. The Morgan fingerprint density at radius 1 is 1.35 bits per heavy atom. The Kier molecular flexibility index (Phi) is 4.97. The first-order valence-electron chi connectivity index (χ1n) is 6.81. The number of nitrogens with one attached hydrogen (secondary N) is 2. The first kappa shape index (κ1) is 14.4. The molecule has 7 heteroatoms. The summed E-state index contributed by atoms with van der Waals surface area (Å²) in [6.07, 6.45) is 5.02. The number of urea groups is 1. The zero-order chi connectivity index (χ0) is 14.4. The smallest absolute Gasteiger partial charge is 0.315 e. The maximum absolute atomic E-state index is 11.6. The first-order valence-corrected chi connectivity index (χ1v) is 6.81. The Morgan fingerprint density at radius 2 is 2.15 bits per heavy atom. The molecule has 0 spiro atoms. The Bertz CT molecular complexity index is 446. The van der Waals surface area contributed by atoms with E-state index in [2.05, 4.69) is 15.8 Å². The van der Waals surface area contributed by atoms with E-state index in [1.807, 2.05) is 0 Å². The van der Waals surface area contributed by atoms with Crippen LogP contribution in [0.15, 0.2) is 16.8 Å². The van der Waals surface area contributed by atoms with Gasteiger partial charge in [0, 0.05) is 12.6 Å². The van der Waals surface area contributed by atoms with Crippen molar-refractivity contribution in [2.45, 2.75) is 32.2 Å². The van der Waals surface area contributed by atoms with Gasteiger partial charge in [0.2, 0.25) is 0 Å². The molecule has 0 bridgehead atoms. The summed E-state index contributed by atoms with van der Waals surface area (Å²) in [7, 11) is 0. The number of nitrogens with zero attached hydrogens (tertiary/aromatic N) is 1. The molecule has 1 aromatic rings. The highest BCUT2D eigenvalue weighted by atomic mass is 16.5. The minimum atomic E-state index is -0.765. The van der Waals surface area contributed by atoms with Crippen molar-refractivity contribution in [3.05, 3.63) is 18.0 Å². The summed E-state index contributed by atoms with van der Waals surface area (Å²) in [5.74, 6) is -0.532. The molecule has 7 nitrogen and oxygen atoms in total. The molecule has 1 saturated carbocycles.